The minimum absolute atomic E-state index is 0. The summed E-state index contributed by atoms with van der Waals surface area (Å²) >= 11 is 0. The zero-order valence-electron chi connectivity index (χ0n) is 18.2. The maximum absolute atomic E-state index is 2.30. The molecular weight excluding hydrogens is 328 g/mol. The molecule has 2 aromatic rings. The number of hydrogen-bond acceptors (Lipinski definition) is 0. The van der Waals surface area contributed by atoms with E-state index in [9.17, 15) is 0 Å². The van der Waals surface area contributed by atoms with Crippen LogP contribution in [0.4, 0.5) is 0 Å². The van der Waals surface area contributed by atoms with Crippen LogP contribution in [-0.2, 0) is 6.42 Å². The normalized spacial score (nSPS) is 10.4. The molecule has 0 radical (unpaired) electrons. The van der Waals surface area contributed by atoms with Gasteiger partial charge < -0.3 is 2.85 Å². The van der Waals surface area contributed by atoms with E-state index in [1.165, 1.54) is 87.3 Å². The molecule has 1 heteroatoms. The van der Waals surface area contributed by atoms with E-state index in [1.54, 1.807) is 0 Å². The van der Waals surface area contributed by atoms with Gasteiger partial charge in [-0.1, -0.05) is 119 Å². The molecule has 0 aliphatic carbocycles. The van der Waals surface area contributed by atoms with Crippen molar-refractivity contribution in [2.45, 2.75) is 77.6 Å². The van der Waals surface area contributed by atoms with Crippen LogP contribution in [0.15, 0.2) is 54.6 Å². The fraction of sp³-hybridized carbons (Fsp3) is 0.500. The Kier molecular flexibility index (Phi) is 13.5. The van der Waals surface area contributed by atoms with Gasteiger partial charge in [-0.3, -0.25) is 0 Å². The molecule has 0 unspecified atom stereocenters. The summed E-state index contributed by atoms with van der Waals surface area (Å²) in [5, 5.41) is 0. The third kappa shape index (κ3) is 9.27. The fourth-order valence-electron chi connectivity index (χ4n) is 3.44. The molecule has 0 spiro atoms. The zero-order valence-corrected chi connectivity index (χ0v) is 18.4. The molecule has 25 heavy (non-hydrogen) atoms. The van der Waals surface area contributed by atoms with Gasteiger partial charge >= 0.3 is 37.7 Å². The van der Waals surface area contributed by atoms with Crippen LogP contribution in [0, 0.1) is 0 Å². The molecule has 0 amide bonds. The maximum atomic E-state index is 2.30. The Balaban J connectivity index is 0. The van der Waals surface area contributed by atoms with Gasteiger partial charge in [0, 0.05) is 0 Å². The van der Waals surface area contributed by atoms with Crippen molar-refractivity contribution in [2.24, 2.45) is 0 Å². The summed E-state index contributed by atoms with van der Waals surface area (Å²) in [7, 11) is 0. The van der Waals surface area contributed by atoms with Gasteiger partial charge in [0.15, 0.2) is 0 Å². The van der Waals surface area contributed by atoms with E-state index in [1.807, 2.05) is 0 Å². The summed E-state index contributed by atoms with van der Waals surface area (Å²) < 4.78 is 0. The second-order valence-electron chi connectivity index (χ2n) is 6.96. The van der Waals surface area contributed by atoms with Crippen molar-refractivity contribution >= 4 is 37.7 Å². The molecule has 0 heterocycles. The molecular formula is C24H36Ca. The molecule has 0 bridgehead atoms. The molecule has 0 aliphatic rings. The van der Waals surface area contributed by atoms with Crippen molar-refractivity contribution in [3.8, 4) is 11.1 Å². The Morgan fingerprint density at radius 3 is 1.76 bits per heavy atom. The van der Waals surface area contributed by atoms with Gasteiger partial charge in [0.25, 0.3) is 0 Å². The first-order valence-electron chi connectivity index (χ1n) is 10.0. The van der Waals surface area contributed by atoms with Crippen LogP contribution < -0.4 is 0 Å². The van der Waals surface area contributed by atoms with Crippen LogP contribution in [0.3, 0.4) is 0 Å². The van der Waals surface area contributed by atoms with E-state index in [4.69, 9.17) is 0 Å². The van der Waals surface area contributed by atoms with Crippen LogP contribution in [0.5, 0.6) is 0 Å². The molecule has 0 N–H and O–H groups in total. The second-order valence-corrected chi connectivity index (χ2v) is 6.96. The van der Waals surface area contributed by atoms with Gasteiger partial charge in [0.2, 0.25) is 0 Å². The summed E-state index contributed by atoms with van der Waals surface area (Å²) in [6, 6.07) is 19.7. The number of aryl methyl sites for hydroxylation is 1. The molecule has 0 nitrogen and oxygen atoms in total. The number of benzene rings is 2. The first-order valence-corrected chi connectivity index (χ1v) is 10.0. The first kappa shape index (κ1) is 22.7. The summed E-state index contributed by atoms with van der Waals surface area (Å²) in [6.45, 7) is 2.29. The Morgan fingerprint density at radius 2 is 1.12 bits per heavy atom. The van der Waals surface area contributed by atoms with Crippen molar-refractivity contribution in [3.05, 3.63) is 60.2 Å². The van der Waals surface area contributed by atoms with Crippen LogP contribution in [0.2, 0.25) is 0 Å². The molecule has 2 aromatic carbocycles. The minimum Gasteiger partial charge on any atom is -1.00 e. The summed E-state index contributed by atoms with van der Waals surface area (Å²) in [6.07, 6.45) is 15.3. The first-order chi connectivity index (χ1) is 11.9. The molecule has 0 aromatic heterocycles. The molecule has 0 aliphatic heterocycles. The van der Waals surface area contributed by atoms with Gasteiger partial charge in [-0.05, 0) is 29.5 Å². The number of rotatable bonds is 12. The summed E-state index contributed by atoms with van der Waals surface area (Å²) in [5.74, 6) is 0. The predicted molar refractivity (Wildman–Crippen MR) is 115 cm³/mol. The Labute approximate surface area is 188 Å². The van der Waals surface area contributed by atoms with Crippen LogP contribution in [0.25, 0.3) is 11.1 Å². The monoisotopic (exact) mass is 364 g/mol. The van der Waals surface area contributed by atoms with Gasteiger partial charge in [-0.25, -0.2) is 0 Å². The van der Waals surface area contributed by atoms with Gasteiger partial charge in [0.05, 0.1) is 0 Å². The van der Waals surface area contributed by atoms with Crippen LogP contribution in [-0.4, -0.2) is 37.7 Å². The predicted octanol–water partition coefficient (Wildman–Crippen LogP) is 7.66. The van der Waals surface area contributed by atoms with Crippen LogP contribution in [0.1, 0.15) is 79.5 Å². The molecule has 0 saturated heterocycles. The molecule has 134 valence electrons. The third-order valence-electron chi connectivity index (χ3n) is 4.90. The number of hydrogen-bond donors (Lipinski definition) is 0. The van der Waals surface area contributed by atoms with E-state index < -0.39 is 0 Å². The van der Waals surface area contributed by atoms with E-state index in [2.05, 4.69) is 61.5 Å². The number of unbranched alkanes of at least 4 members (excludes halogenated alkanes) is 9. The molecule has 0 fully saturated rings. The van der Waals surface area contributed by atoms with E-state index in [0.717, 1.165) is 0 Å². The second kappa shape index (κ2) is 14.8. The van der Waals surface area contributed by atoms with E-state index >= 15 is 0 Å². The Morgan fingerprint density at radius 1 is 0.600 bits per heavy atom. The fourth-order valence-corrected chi connectivity index (χ4v) is 3.44. The Hall–Kier alpha value is -0.300. The molecule has 0 saturated carbocycles. The standard InChI is InChI=1S/C24H34.Ca.2H/c1-2-3-4-5-6-7-8-9-10-12-17-23-20-15-16-21-24(23)22-18-13-11-14-19-22;;;/h11,13-16,18-21H,2-10,12,17H2,1H3;;;/q;+2;2*-1. The van der Waals surface area contributed by atoms with E-state index in [-0.39, 0.29) is 40.6 Å². The van der Waals surface area contributed by atoms with Gasteiger partial charge in [-0.15, -0.1) is 0 Å². The average molecular weight is 365 g/mol. The van der Waals surface area contributed by atoms with Gasteiger partial charge in [0.1, 0.15) is 0 Å². The largest absolute Gasteiger partial charge is 2.00 e. The zero-order chi connectivity index (χ0) is 16.9. The Bertz CT molecular complexity index is 557. The summed E-state index contributed by atoms with van der Waals surface area (Å²) in [4.78, 5) is 0. The minimum atomic E-state index is 0. The van der Waals surface area contributed by atoms with Crippen LogP contribution >= 0.6 is 0 Å². The van der Waals surface area contributed by atoms with Crippen molar-refractivity contribution < 1.29 is 2.85 Å². The van der Waals surface area contributed by atoms with Crippen molar-refractivity contribution in [1.29, 1.82) is 0 Å². The SMILES string of the molecule is CCCCCCCCCCCCc1ccccc1-c1ccccc1.[Ca+2].[H-].[H-]. The maximum Gasteiger partial charge on any atom is 2.00 e. The smallest absolute Gasteiger partial charge is 1.00 e. The topological polar surface area (TPSA) is 0 Å². The van der Waals surface area contributed by atoms with Gasteiger partial charge in [-0.2, -0.15) is 0 Å². The van der Waals surface area contributed by atoms with Crippen molar-refractivity contribution in [2.75, 3.05) is 0 Å². The molecule has 0 atom stereocenters. The quantitative estimate of drug-likeness (QED) is 0.268. The van der Waals surface area contributed by atoms with Crippen molar-refractivity contribution in [1.82, 2.24) is 0 Å². The average Bonchev–Trinajstić information content (AvgIpc) is 2.64. The van der Waals surface area contributed by atoms with Crippen molar-refractivity contribution in [3.63, 3.8) is 0 Å². The third-order valence-corrected chi connectivity index (χ3v) is 4.90. The van der Waals surface area contributed by atoms with E-state index in [0.29, 0.717) is 0 Å². The summed E-state index contributed by atoms with van der Waals surface area (Å²) in [5.41, 5.74) is 4.26. The molecule has 2 rings (SSSR count).